The van der Waals surface area contributed by atoms with Gasteiger partial charge in [0.2, 0.25) is 0 Å². The molecule has 5 aromatic rings. The molecular formula is C41H37N3. The Labute approximate surface area is 261 Å². The highest BCUT2D eigenvalue weighted by Gasteiger charge is 2.12. The molecule has 1 atom stereocenters. The second-order valence-electron chi connectivity index (χ2n) is 10.7. The second-order valence-corrected chi connectivity index (χ2v) is 10.7. The van der Waals surface area contributed by atoms with Crippen LogP contribution in [0.5, 0.6) is 0 Å². The Morgan fingerprint density at radius 2 is 1.34 bits per heavy atom. The molecule has 0 fully saturated rings. The summed E-state index contributed by atoms with van der Waals surface area (Å²) in [6, 6.07) is 38.0. The zero-order chi connectivity index (χ0) is 30.7. The highest BCUT2D eigenvalue weighted by molar-refractivity contribution is 6.00. The maximum absolute atomic E-state index is 5.28. The van der Waals surface area contributed by atoms with Gasteiger partial charge in [0, 0.05) is 29.6 Å². The molecule has 0 spiro atoms. The van der Waals surface area contributed by atoms with Crippen molar-refractivity contribution in [3.8, 4) is 22.3 Å². The average molecular weight is 572 g/mol. The van der Waals surface area contributed by atoms with Crippen molar-refractivity contribution in [3.63, 3.8) is 0 Å². The molecule has 0 N–H and O–H groups in total. The number of hydrogen-bond acceptors (Lipinski definition) is 3. The van der Waals surface area contributed by atoms with Crippen molar-refractivity contribution in [1.29, 1.82) is 0 Å². The summed E-state index contributed by atoms with van der Waals surface area (Å²) in [4.78, 5) is 13.7. The summed E-state index contributed by atoms with van der Waals surface area (Å²) in [5, 5.41) is 0. The highest BCUT2D eigenvalue weighted by atomic mass is 14.8. The van der Waals surface area contributed by atoms with Crippen LogP contribution < -0.4 is 0 Å². The van der Waals surface area contributed by atoms with Crippen LogP contribution in [0.3, 0.4) is 0 Å². The molecule has 0 amide bonds. The molecule has 1 aromatic heterocycles. The van der Waals surface area contributed by atoms with Crippen molar-refractivity contribution in [2.45, 2.75) is 26.7 Å². The van der Waals surface area contributed by atoms with Crippen molar-refractivity contribution in [2.75, 3.05) is 0 Å². The Morgan fingerprint density at radius 3 is 2.02 bits per heavy atom. The molecule has 4 aromatic carbocycles. The van der Waals surface area contributed by atoms with E-state index in [1.807, 2.05) is 42.7 Å². The summed E-state index contributed by atoms with van der Waals surface area (Å²) >= 11 is 0. The van der Waals surface area contributed by atoms with Crippen LogP contribution in [0.4, 0.5) is 0 Å². The predicted molar refractivity (Wildman–Crippen MR) is 186 cm³/mol. The number of rotatable bonds is 10. The van der Waals surface area contributed by atoms with E-state index in [1.165, 1.54) is 16.7 Å². The van der Waals surface area contributed by atoms with E-state index in [4.69, 9.17) is 4.99 Å². The standard InChI is InChI=1S/C41H37N3/c1-5-32(34-15-9-7-10-16-34)24-33(6-2)41(23-30(3)36-19-13-21-38(25-36)35-17-11-8-12-18-35)44-31(4)37-20-14-22-39(26-37)40-27-42-29-43-28-40/h5-30H,1H2,2-4H3/b32-24+,33-6+,41-23-,44-31?. The molecule has 1 heterocycles. The molecule has 0 aliphatic heterocycles. The van der Waals surface area contributed by atoms with Gasteiger partial charge in [0.15, 0.2) is 0 Å². The molecular weight excluding hydrogens is 534 g/mol. The maximum Gasteiger partial charge on any atom is 0.115 e. The van der Waals surface area contributed by atoms with E-state index in [9.17, 15) is 0 Å². The lowest BCUT2D eigenvalue weighted by molar-refractivity contribution is 0.952. The van der Waals surface area contributed by atoms with E-state index in [0.717, 1.165) is 44.8 Å². The van der Waals surface area contributed by atoms with Crippen molar-refractivity contribution >= 4 is 11.3 Å². The van der Waals surface area contributed by atoms with Gasteiger partial charge in [-0.25, -0.2) is 9.97 Å². The Kier molecular flexibility index (Phi) is 10.0. The van der Waals surface area contributed by atoms with Gasteiger partial charge in [0.1, 0.15) is 6.33 Å². The molecule has 0 aliphatic carbocycles. The van der Waals surface area contributed by atoms with Crippen LogP contribution in [0.25, 0.3) is 27.8 Å². The fourth-order valence-electron chi connectivity index (χ4n) is 5.14. The minimum absolute atomic E-state index is 0.116. The third kappa shape index (κ3) is 7.50. The molecule has 0 bridgehead atoms. The quantitative estimate of drug-likeness (QED) is 0.124. The van der Waals surface area contributed by atoms with Crippen molar-refractivity contribution < 1.29 is 0 Å². The topological polar surface area (TPSA) is 38.1 Å². The van der Waals surface area contributed by atoms with Gasteiger partial charge in [-0.3, -0.25) is 4.99 Å². The molecule has 0 saturated heterocycles. The van der Waals surface area contributed by atoms with E-state index < -0.39 is 0 Å². The zero-order valence-corrected chi connectivity index (χ0v) is 25.6. The van der Waals surface area contributed by atoms with E-state index in [-0.39, 0.29) is 5.92 Å². The number of aliphatic imine (C=N–C) groups is 1. The number of aromatic nitrogens is 2. The van der Waals surface area contributed by atoms with Crippen LogP contribution in [0.15, 0.2) is 175 Å². The Morgan fingerprint density at radius 1 is 0.727 bits per heavy atom. The van der Waals surface area contributed by atoms with Crippen LogP contribution in [-0.2, 0) is 0 Å². The summed E-state index contributed by atoms with van der Waals surface area (Å²) in [5.74, 6) is 0.116. The predicted octanol–water partition coefficient (Wildman–Crippen LogP) is 10.5. The molecule has 216 valence electrons. The Bertz CT molecular complexity index is 1830. The lowest BCUT2D eigenvalue weighted by Crippen LogP contribution is -2.00. The van der Waals surface area contributed by atoms with Gasteiger partial charge in [-0.05, 0) is 70.5 Å². The van der Waals surface area contributed by atoms with Gasteiger partial charge in [-0.1, -0.05) is 135 Å². The second kappa shape index (κ2) is 14.7. The summed E-state index contributed by atoms with van der Waals surface area (Å²) in [6.07, 6.45) is 13.7. The average Bonchev–Trinajstić information content (AvgIpc) is 3.10. The molecule has 3 heteroatoms. The minimum Gasteiger partial charge on any atom is -0.253 e. The van der Waals surface area contributed by atoms with Gasteiger partial charge >= 0.3 is 0 Å². The third-order valence-corrected chi connectivity index (χ3v) is 7.63. The summed E-state index contributed by atoms with van der Waals surface area (Å²) in [6.45, 7) is 10.5. The van der Waals surface area contributed by atoms with Gasteiger partial charge in [0.25, 0.3) is 0 Å². The number of nitrogens with zero attached hydrogens (tertiary/aromatic N) is 3. The molecule has 0 saturated carbocycles. The van der Waals surface area contributed by atoms with Gasteiger partial charge in [-0.15, -0.1) is 0 Å². The zero-order valence-electron chi connectivity index (χ0n) is 25.6. The van der Waals surface area contributed by atoms with Crippen molar-refractivity contribution in [2.24, 2.45) is 4.99 Å². The minimum atomic E-state index is 0.116. The van der Waals surface area contributed by atoms with Crippen LogP contribution in [-0.4, -0.2) is 15.7 Å². The van der Waals surface area contributed by atoms with Gasteiger partial charge < -0.3 is 0 Å². The van der Waals surface area contributed by atoms with Crippen LogP contribution >= 0.6 is 0 Å². The molecule has 0 radical (unpaired) electrons. The fraction of sp³-hybridized carbons (Fsp3) is 0.0976. The first-order valence-corrected chi connectivity index (χ1v) is 14.9. The first-order valence-electron chi connectivity index (χ1n) is 14.9. The lowest BCUT2D eigenvalue weighted by Gasteiger charge is -2.14. The molecule has 3 nitrogen and oxygen atoms in total. The monoisotopic (exact) mass is 571 g/mol. The first kappa shape index (κ1) is 30.1. The van der Waals surface area contributed by atoms with E-state index in [2.05, 4.69) is 140 Å². The largest absolute Gasteiger partial charge is 0.253 e. The smallest absolute Gasteiger partial charge is 0.115 e. The van der Waals surface area contributed by atoms with Gasteiger partial charge in [0.05, 0.1) is 5.70 Å². The molecule has 44 heavy (non-hydrogen) atoms. The van der Waals surface area contributed by atoms with Crippen molar-refractivity contribution in [3.05, 3.63) is 187 Å². The molecule has 5 rings (SSSR count). The van der Waals surface area contributed by atoms with Crippen LogP contribution in [0.2, 0.25) is 0 Å². The SMILES string of the molecule is C=C\C(=C/C(=C\C)C(=C/C(C)c1cccc(-c2ccccc2)c1)/N=C(C)c1cccc(-c2cncnc2)c1)c1ccccc1. The fourth-order valence-corrected chi connectivity index (χ4v) is 5.14. The van der Waals surface area contributed by atoms with Gasteiger partial charge in [-0.2, -0.15) is 0 Å². The van der Waals surface area contributed by atoms with E-state index >= 15 is 0 Å². The Balaban J connectivity index is 1.58. The van der Waals surface area contributed by atoms with E-state index in [1.54, 1.807) is 6.33 Å². The highest BCUT2D eigenvalue weighted by Crippen LogP contribution is 2.29. The summed E-state index contributed by atoms with van der Waals surface area (Å²) in [5.41, 5.74) is 11.7. The maximum atomic E-state index is 5.28. The lowest BCUT2D eigenvalue weighted by atomic mass is 9.93. The van der Waals surface area contributed by atoms with Crippen LogP contribution in [0, 0.1) is 0 Å². The number of benzene rings is 4. The van der Waals surface area contributed by atoms with Crippen LogP contribution in [0.1, 0.15) is 43.4 Å². The number of allylic oxidation sites excluding steroid dienone is 5. The molecule has 1 unspecified atom stereocenters. The van der Waals surface area contributed by atoms with E-state index in [0.29, 0.717) is 0 Å². The normalized spacial score (nSPS) is 13.4. The Hall–Kier alpha value is -5.41. The molecule has 0 aliphatic rings. The number of hydrogen-bond donors (Lipinski definition) is 0. The third-order valence-electron chi connectivity index (χ3n) is 7.63. The summed E-state index contributed by atoms with van der Waals surface area (Å²) < 4.78 is 0. The first-order chi connectivity index (χ1) is 21.6. The summed E-state index contributed by atoms with van der Waals surface area (Å²) in [7, 11) is 0. The van der Waals surface area contributed by atoms with Crippen molar-refractivity contribution in [1.82, 2.24) is 9.97 Å².